The molecule has 0 spiro atoms. The Balaban J connectivity index is 2.12. The van der Waals surface area contributed by atoms with Crippen molar-refractivity contribution in [1.29, 1.82) is 0 Å². The average Bonchev–Trinajstić information content (AvgIpc) is 3.37. The number of carboxylic acids is 1. The maximum absolute atomic E-state index is 13.3. The first-order valence-corrected chi connectivity index (χ1v) is 10.1. The Morgan fingerprint density at radius 1 is 1.41 bits per heavy atom. The van der Waals surface area contributed by atoms with Crippen LogP contribution in [0, 0.1) is 0 Å². The number of thiophene rings is 1. The van der Waals surface area contributed by atoms with Crippen molar-refractivity contribution in [2.45, 2.75) is 25.8 Å². The molecule has 4 heterocycles. The summed E-state index contributed by atoms with van der Waals surface area (Å²) < 4.78 is 2.08. The SMILES string of the molecule is CCC1(c2cccs2)C(C(=O)O)=C(C)N=c2s/c(=C\c3ccc[nH]3)c(=O)n21. The molecule has 1 aliphatic heterocycles. The lowest BCUT2D eigenvalue weighted by molar-refractivity contribution is -0.133. The van der Waals surface area contributed by atoms with Gasteiger partial charge in [-0.05, 0) is 43.0 Å². The quantitative estimate of drug-likeness (QED) is 0.706. The monoisotopic (exact) mass is 399 g/mol. The van der Waals surface area contributed by atoms with Crippen molar-refractivity contribution in [1.82, 2.24) is 9.55 Å². The molecule has 3 aromatic heterocycles. The lowest BCUT2D eigenvalue weighted by Crippen LogP contribution is -2.52. The minimum Gasteiger partial charge on any atom is -0.478 e. The summed E-state index contributed by atoms with van der Waals surface area (Å²) in [6.07, 6.45) is 4.00. The van der Waals surface area contributed by atoms with Crippen LogP contribution in [-0.2, 0) is 10.3 Å². The van der Waals surface area contributed by atoms with Gasteiger partial charge in [0.1, 0.15) is 5.54 Å². The van der Waals surface area contributed by atoms with E-state index in [0.717, 1.165) is 10.6 Å². The smallest absolute Gasteiger partial charge is 0.336 e. The fourth-order valence-electron chi connectivity index (χ4n) is 3.66. The van der Waals surface area contributed by atoms with Gasteiger partial charge in [0.25, 0.3) is 5.56 Å². The zero-order valence-electron chi connectivity index (χ0n) is 14.7. The third kappa shape index (κ3) is 2.55. The van der Waals surface area contributed by atoms with Gasteiger partial charge in [-0.3, -0.25) is 9.36 Å². The van der Waals surface area contributed by atoms with Crippen molar-refractivity contribution in [2.24, 2.45) is 4.99 Å². The highest BCUT2D eigenvalue weighted by molar-refractivity contribution is 7.10. The molecule has 0 fully saturated rings. The first-order chi connectivity index (χ1) is 13.0. The topological polar surface area (TPSA) is 87.4 Å². The Kier molecular flexibility index (Phi) is 4.24. The number of allylic oxidation sites excluding steroid dienone is 1. The molecule has 0 aromatic carbocycles. The maximum atomic E-state index is 13.3. The summed E-state index contributed by atoms with van der Waals surface area (Å²) in [6, 6.07) is 7.50. The highest BCUT2D eigenvalue weighted by atomic mass is 32.1. The first-order valence-electron chi connectivity index (χ1n) is 8.44. The van der Waals surface area contributed by atoms with Gasteiger partial charge in [0.05, 0.1) is 15.8 Å². The summed E-state index contributed by atoms with van der Waals surface area (Å²) in [6.45, 7) is 3.60. The number of rotatable bonds is 4. The zero-order chi connectivity index (χ0) is 19.2. The van der Waals surface area contributed by atoms with Gasteiger partial charge < -0.3 is 10.1 Å². The molecule has 0 bridgehead atoms. The minimum absolute atomic E-state index is 0.159. The summed E-state index contributed by atoms with van der Waals surface area (Å²) in [5.41, 5.74) is 0.121. The van der Waals surface area contributed by atoms with Crippen molar-refractivity contribution in [3.63, 3.8) is 0 Å². The van der Waals surface area contributed by atoms with E-state index in [9.17, 15) is 14.7 Å². The molecule has 8 heteroatoms. The summed E-state index contributed by atoms with van der Waals surface area (Å²) in [5, 5.41) is 11.9. The standard InChI is InChI=1S/C19H17N3O3S2/c1-3-19(14-7-5-9-26-14)15(17(24)25)11(2)21-18-22(19)16(23)13(27-18)10-12-6-4-8-20-12/h4-10,20H,3H2,1-2H3,(H,24,25)/b13-10-. The number of hydrogen-bond acceptors (Lipinski definition) is 5. The summed E-state index contributed by atoms with van der Waals surface area (Å²) in [5.74, 6) is -1.05. The number of hydrogen-bond donors (Lipinski definition) is 2. The second kappa shape index (κ2) is 6.47. The van der Waals surface area contributed by atoms with Crippen molar-refractivity contribution in [3.8, 4) is 0 Å². The fourth-order valence-corrected chi connectivity index (χ4v) is 5.73. The van der Waals surface area contributed by atoms with E-state index in [1.54, 1.807) is 23.8 Å². The van der Waals surface area contributed by atoms with Gasteiger partial charge >= 0.3 is 5.97 Å². The van der Waals surface area contributed by atoms with Crippen LogP contribution in [0.1, 0.15) is 30.8 Å². The van der Waals surface area contributed by atoms with E-state index in [1.807, 2.05) is 36.6 Å². The fraction of sp³-hybridized carbons (Fsp3) is 0.211. The Bertz CT molecular complexity index is 1210. The molecule has 0 radical (unpaired) electrons. The molecular formula is C19H17N3O3S2. The number of carbonyl (C=O) groups is 1. The largest absolute Gasteiger partial charge is 0.478 e. The van der Waals surface area contributed by atoms with Crippen LogP contribution < -0.4 is 14.9 Å². The second-order valence-electron chi connectivity index (χ2n) is 6.23. The molecule has 138 valence electrons. The van der Waals surface area contributed by atoms with Crippen LogP contribution in [0.15, 0.2) is 56.9 Å². The Hall–Kier alpha value is -2.71. The Morgan fingerprint density at radius 3 is 2.81 bits per heavy atom. The molecule has 1 unspecified atom stereocenters. The number of thiazole rings is 1. The Labute approximate surface area is 162 Å². The number of nitrogens with zero attached hydrogens (tertiary/aromatic N) is 2. The number of aromatic nitrogens is 2. The van der Waals surface area contributed by atoms with Crippen LogP contribution in [0.2, 0.25) is 0 Å². The van der Waals surface area contributed by atoms with E-state index in [2.05, 4.69) is 9.98 Å². The van der Waals surface area contributed by atoms with Crippen molar-refractivity contribution >= 4 is 34.7 Å². The molecule has 6 nitrogen and oxygen atoms in total. The predicted octanol–water partition coefficient (Wildman–Crippen LogP) is 2.27. The molecular weight excluding hydrogens is 382 g/mol. The molecule has 27 heavy (non-hydrogen) atoms. The normalized spacial score (nSPS) is 19.9. The van der Waals surface area contributed by atoms with Gasteiger partial charge in [-0.2, -0.15) is 0 Å². The maximum Gasteiger partial charge on any atom is 0.336 e. The van der Waals surface area contributed by atoms with Crippen LogP contribution >= 0.6 is 22.7 Å². The number of carboxylic acid groups (broad SMARTS) is 1. The third-order valence-corrected chi connectivity index (χ3v) is 6.78. The van der Waals surface area contributed by atoms with Gasteiger partial charge in [0, 0.05) is 16.8 Å². The third-order valence-electron chi connectivity index (χ3n) is 4.79. The zero-order valence-corrected chi connectivity index (χ0v) is 16.4. The van der Waals surface area contributed by atoms with E-state index in [4.69, 9.17) is 0 Å². The molecule has 0 saturated carbocycles. The van der Waals surface area contributed by atoms with Crippen molar-refractivity contribution in [3.05, 3.63) is 77.4 Å². The first kappa shape index (κ1) is 17.7. The van der Waals surface area contributed by atoms with Crippen LogP contribution in [0.25, 0.3) is 6.08 Å². The molecule has 0 aliphatic carbocycles. The number of aliphatic carboxylic acids is 1. The molecule has 1 aliphatic rings. The lowest BCUT2D eigenvalue weighted by atomic mass is 9.83. The van der Waals surface area contributed by atoms with Crippen LogP contribution in [0.4, 0.5) is 0 Å². The van der Waals surface area contributed by atoms with E-state index < -0.39 is 11.5 Å². The molecule has 3 aromatic rings. The van der Waals surface area contributed by atoms with E-state index in [1.165, 1.54) is 22.7 Å². The average molecular weight is 399 g/mol. The van der Waals surface area contributed by atoms with E-state index in [0.29, 0.717) is 21.5 Å². The van der Waals surface area contributed by atoms with Crippen LogP contribution in [0.5, 0.6) is 0 Å². The number of aromatic amines is 1. The summed E-state index contributed by atoms with van der Waals surface area (Å²) in [4.78, 5) is 34.4. The molecule has 0 amide bonds. The van der Waals surface area contributed by atoms with E-state index in [-0.39, 0.29) is 11.1 Å². The van der Waals surface area contributed by atoms with Gasteiger partial charge in [-0.25, -0.2) is 9.79 Å². The number of H-pyrrole nitrogens is 1. The van der Waals surface area contributed by atoms with Crippen molar-refractivity contribution in [2.75, 3.05) is 0 Å². The minimum atomic E-state index is -1.06. The number of fused-ring (bicyclic) bond motifs is 1. The molecule has 0 saturated heterocycles. The lowest BCUT2D eigenvalue weighted by Gasteiger charge is -2.36. The highest BCUT2D eigenvalue weighted by Crippen LogP contribution is 2.41. The predicted molar refractivity (Wildman–Crippen MR) is 106 cm³/mol. The summed E-state index contributed by atoms with van der Waals surface area (Å²) in [7, 11) is 0. The molecule has 1 atom stereocenters. The number of nitrogens with one attached hydrogen (secondary N) is 1. The van der Waals surface area contributed by atoms with Crippen molar-refractivity contribution < 1.29 is 9.90 Å². The Morgan fingerprint density at radius 2 is 2.22 bits per heavy atom. The van der Waals surface area contributed by atoms with Gasteiger partial charge in [-0.15, -0.1) is 11.3 Å². The molecule has 2 N–H and O–H groups in total. The van der Waals surface area contributed by atoms with Gasteiger partial charge in [0.2, 0.25) is 0 Å². The highest BCUT2D eigenvalue weighted by Gasteiger charge is 2.46. The summed E-state index contributed by atoms with van der Waals surface area (Å²) >= 11 is 2.73. The van der Waals surface area contributed by atoms with Gasteiger partial charge in [-0.1, -0.05) is 24.3 Å². The van der Waals surface area contributed by atoms with Gasteiger partial charge in [0.15, 0.2) is 4.80 Å². The molecule has 4 rings (SSSR count). The van der Waals surface area contributed by atoms with Crippen LogP contribution in [0.3, 0.4) is 0 Å². The van der Waals surface area contributed by atoms with Crippen LogP contribution in [-0.4, -0.2) is 20.6 Å². The second-order valence-corrected chi connectivity index (χ2v) is 8.18. The van der Waals surface area contributed by atoms with E-state index >= 15 is 0 Å².